The van der Waals surface area contributed by atoms with Crippen LogP contribution in [-0.2, 0) is 7.05 Å². The Bertz CT molecular complexity index is 1840. The van der Waals surface area contributed by atoms with Gasteiger partial charge in [0.2, 0.25) is 5.43 Å². The third kappa shape index (κ3) is 3.34. The quantitative estimate of drug-likeness (QED) is 0.398. The van der Waals surface area contributed by atoms with Crippen molar-refractivity contribution in [3.8, 4) is 22.4 Å². The maximum atomic E-state index is 14.2. The fourth-order valence-corrected chi connectivity index (χ4v) is 4.49. The predicted molar refractivity (Wildman–Crippen MR) is 134 cm³/mol. The highest BCUT2D eigenvalue weighted by Gasteiger charge is 2.27. The number of nitrogens with two attached hydrogens (primary N) is 1. The number of anilines is 1. The number of nitrogen functional groups attached to an aromatic ring is 1. The Morgan fingerprint density at radius 2 is 1.92 bits per heavy atom. The Hall–Kier alpha value is -4.86. The van der Waals surface area contributed by atoms with Crippen molar-refractivity contribution in [1.82, 2.24) is 29.5 Å². The third-order valence-corrected chi connectivity index (χ3v) is 6.18. The lowest BCUT2D eigenvalue weighted by Crippen LogP contribution is -2.16. The summed E-state index contributed by atoms with van der Waals surface area (Å²) < 4.78 is 23.8. The van der Waals surface area contributed by atoms with Crippen LogP contribution >= 0.6 is 0 Å². The van der Waals surface area contributed by atoms with Gasteiger partial charge in [-0.15, -0.1) is 0 Å². The van der Waals surface area contributed by atoms with Crippen molar-refractivity contribution in [3.63, 3.8) is 0 Å². The average molecular weight is 481 g/mol. The van der Waals surface area contributed by atoms with Gasteiger partial charge in [-0.1, -0.05) is 24.3 Å². The monoisotopic (exact) mass is 481 g/mol. The van der Waals surface area contributed by atoms with E-state index in [2.05, 4.69) is 15.1 Å². The Kier molecular flexibility index (Phi) is 4.89. The number of nitrogens with zero attached hydrogens (tertiary/aromatic N) is 6. The van der Waals surface area contributed by atoms with Gasteiger partial charge in [-0.3, -0.25) is 9.48 Å². The molecule has 6 rings (SSSR count). The fourth-order valence-electron chi connectivity index (χ4n) is 4.49. The van der Waals surface area contributed by atoms with E-state index in [1.807, 2.05) is 13.1 Å². The minimum absolute atomic E-state index is 0.259. The fraction of sp³-hybridized carbons (Fsp3) is 0.115. The molecule has 0 bridgehead atoms. The smallest absolute Gasteiger partial charge is 0.200 e. The number of benzene rings is 2. The van der Waals surface area contributed by atoms with Gasteiger partial charge in [0.15, 0.2) is 5.65 Å². The molecule has 178 valence electrons. The Morgan fingerprint density at radius 1 is 1.08 bits per heavy atom. The molecule has 1 unspecified atom stereocenters. The van der Waals surface area contributed by atoms with Crippen LogP contribution in [0.5, 0.6) is 0 Å². The Balaban J connectivity index is 1.65. The molecule has 0 radical (unpaired) electrons. The van der Waals surface area contributed by atoms with Crippen LogP contribution in [0.25, 0.3) is 44.4 Å². The van der Waals surface area contributed by atoms with Crippen molar-refractivity contribution in [2.45, 2.75) is 13.0 Å². The van der Waals surface area contributed by atoms with E-state index in [0.29, 0.717) is 39.0 Å². The number of para-hydroxylation sites is 1. The molecule has 36 heavy (non-hydrogen) atoms. The molecule has 0 saturated carbocycles. The zero-order valence-corrected chi connectivity index (χ0v) is 19.4. The molecule has 0 aliphatic carbocycles. The maximum Gasteiger partial charge on any atom is 0.200 e. The van der Waals surface area contributed by atoms with Crippen molar-refractivity contribution >= 4 is 27.8 Å². The normalized spacial score (nSPS) is 12.4. The second-order valence-corrected chi connectivity index (χ2v) is 8.51. The first-order valence-corrected chi connectivity index (χ1v) is 11.2. The van der Waals surface area contributed by atoms with Gasteiger partial charge < -0.3 is 10.2 Å². The van der Waals surface area contributed by atoms with Crippen molar-refractivity contribution in [1.29, 1.82) is 0 Å². The van der Waals surface area contributed by atoms with Crippen LogP contribution in [0.15, 0.2) is 76.5 Å². The molecule has 0 aliphatic heterocycles. The summed E-state index contributed by atoms with van der Waals surface area (Å²) in [6.45, 7) is 1.84. The molecule has 2 aromatic carbocycles. The highest BCUT2D eigenvalue weighted by molar-refractivity contribution is 5.98. The molecule has 0 aliphatic rings. The third-order valence-electron chi connectivity index (χ3n) is 6.18. The van der Waals surface area contributed by atoms with Crippen LogP contribution in [0, 0.1) is 5.82 Å². The standard InChI is InChI=1S/C26H20FN7O2/c1-14(34-26-21(25(28)29-13-30-26)22(32-34)16-11-31-33(2)12-16)24-20(15-6-5-7-17(27)10-15)23(35)18-8-3-4-9-19(18)36-24/h3-14H,1-2H3,(H2,28,29,30). The summed E-state index contributed by atoms with van der Waals surface area (Å²) in [7, 11) is 1.81. The van der Waals surface area contributed by atoms with Crippen LogP contribution in [0.2, 0.25) is 0 Å². The van der Waals surface area contributed by atoms with Crippen LogP contribution in [0.1, 0.15) is 18.7 Å². The van der Waals surface area contributed by atoms with Gasteiger partial charge in [0.1, 0.15) is 41.0 Å². The molecule has 6 aromatic rings. The zero-order chi connectivity index (χ0) is 25.0. The predicted octanol–water partition coefficient (Wildman–Crippen LogP) is 4.33. The van der Waals surface area contributed by atoms with Crippen molar-refractivity contribution in [2.75, 3.05) is 5.73 Å². The van der Waals surface area contributed by atoms with E-state index in [-0.39, 0.29) is 16.8 Å². The van der Waals surface area contributed by atoms with Gasteiger partial charge in [-0.2, -0.15) is 10.2 Å². The molecule has 9 nitrogen and oxygen atoms in total. The van der Waals surface area contributed by atoms with Crippen LogP contribution in [0.3, 0.4) is 0 Å². The topological polar surface area (TPSA) is 118 Å². The lowest BCUT2D eigenvalue weighted by Gasteiger charge is -2.17. The number of hydrogen-bond donors (Lipinski definition) is 1. The van der Waals surface area contributed by atoms with Gasteiger partial charge in [0.25, 0.3) is 0 Å². The summed E-state index contributed by atoms with van der Waals surface area (Å²) >= 11 is 0. The molecule has 0 saturated heterocycles. The second kappa shape index (κ2) is 8.12. The number of halogens is 1. The molecular weight excluding hydrogens is 461 g/mol. The van der Waals surface area contributed by atoms with E-state index >= 15 is 0 Å². The van der Waals surface area contributed by atoms with Crippen LogP contribution < -0.4 is 11.2 Å². The molecule has 1 atom stereocenters. The molecule has 4 heterocycles. The summed E-state index contributed by atoms with van der Waals surface area (Å²) in [6.07, 6.45) is 4.86. The second-order valence-electron chi connectivity index (χ2n) is 8.51. The zero-order valence-electron chi connectivity index (χ0n) is 19.4. The first-order chi connectivity index (χ1) is 17.4. The highest BCUT2D eigenvalue weighted by Crippen LogP contribution is 2.36. The minimum Gasteiger partial charge on any atom is -0.458 e. The summed E-state index contributed by atoms with van der Waals surface area (Å²) in [5.74, 6) is 0.133. The maximum absolute atomic E-state index is 14.2. The SMILES string of the molecule is CC(c1oc2ccccc2c(=O)c1-c1cccc(F)c1)n1nc(-c2cnn(C)c2)c2c(N)ncnc21. The largest absolute Gasteiger partial charge is 0.458 e. The van der Waals surface area contributed by atoms with Gasteiger partial charge in [0, 0.05) is 18.8 Å². The van der Waals surface area contributed by atoms with Crippen LogP contribution in [-0.4, -0.2) is 29.5 Å². The van der Waals surface area contributed by atoms with Gasteiger partial charge in [-0.05, 0) is 36.8 Å². The van der Waals surface area contributed by atoms with E-state index < -0.39 is 11.9 Å². The number of hydrogen-bond acceptors (Lipinski definition) is 7. The molecule has 0 amide bonds. The first kappa shape index (κ1) is 21.7. The average Bonchev–Trinajstić information content (AvgIpc) is 3.48. The van der Waals surface area contributed by atoms with E-state index in [1.165, 1.54) is 18.5 Å². The van der Waals surface area contributed by atoms with E-state index in [0.717, 1.165) is 5.56 Å². The molecule has 0 fully saturated rings. The Morgan fingerprint density at radius 3 is 2.69 bits per heavy atom. The number of rotatable bonds is 4. The van der Waals surface area contributed by atoms with Crippen molar-refractivity contribution in [2.24, 2.45) is 7.05 Å². The minimum atomic E-state index is -0.609. The number of aromatic nitrogens is 6. The van der Waals surface area contributed by atoms with Gasteiger partial charge >= 0.3 is 0 Å². The van der Waals surface area contributed by atoms with Gasteiger partial charge in [0.05, 0.1) is 22.5 Å². The van der Waals surface area contributed by atoms with E-state index in [9.17, 15) is 9.18 Å². The summed E-state index contributed by atoms with van der Waals surface area (Å²) in [6, 6.07) is 12.3. The molecule has 4 aromatic heterocycles. The molecule has 10 heteroatoms. The van der Waals surface area contributed by atoms with E-state index in [4.69, 9.17) is 15.2 Å². The highest BCUT2D eigenvalue weighted by atomic mass is 19.1. The Labute approximate surface area is 203 Å². The lowest BCUT2D eigenvalue weighted by atomic mass is 9.99. The van der Waals surface area contributed by atoms with Crippen molar-refractivity contribution < 1.29 is 8.81 Å². The summed E-state index contributed by atoms with van der Waals surface area (Å²) in [5, 5.41) is 10.0. The first-order valence-electron chi connectivity index (χ1n) is 11.2. The van der Waals surface area contributed by atoms with Gasteiger partial charge in [-0.25, -0.2) is 19.0 Å². The molecular formula is C26H20FN7O2. The molecule has 2 N–H and O–H groups in total. The number of fused-ring (bicyclic) bond motifs is 2. The number of aryl methyl sites for hydroxylation is 1. The van der Waals surface area contributed by atoms with E-state index in [1.54, 1.807) is 59.0 Å². The summed E-state index contributed by atoms with van der Waals surface area (Å²) in [5.41, 5.74) is 8.83. The lowest BCUT2D eigenvalue weighted by molar-refractivity contribution is 0.446. The molecule has 0 spiro atoms. The summed E-state index contributed by atoms with van der Waals surface area (Å²) in [4.78, 5) is 22.3. The van der Waals surface area contributed by atoms with Crippen molar-refractivity contribution in [3.05, 3.63) is 89.1 Å². The van der Waals surface area contributed by atoms with Crippen LogP contribution in [0.4, 0.5) is 10.2 Å².